The summed E-state index contributed by atoms with van der Waals surface area (Å²) in [6, 6.07) is 67.1. The molecule has 0 radical (unpaired) electrons. The molecule has 1 atom stereocenters. The highest BCUT2D eigenvalue weighted by molar-refractivity contribution is 5.77. The van der Waals surface area contributed by atoms with Crippen molar-refractivity contribution in [3.8, 4) is 67.2 Å². The van der Waals surface area contributed by atoms with Crippen molar-refractivity contribution in [3.05, 3.63) is 254 Å². The zero-order valence-electron chi connectivity index (χ0n) is 36.1. The number of benzene rings is 6. The SMILES string of the molecule is C=Cc1ccc(-c2ccc(C)c(-c3ccc#c[n+]3Cc3ccc(-c4ccc(C=C)cc4)cc3-c3cccc[n+]3C3C[n+]4ccccc4-c4cc(-c5ccc(C=C)cc5)ccc43)c2)cc1. The smallest absolute Gasteiger partial charge is 0.191 e. The summed E-state index contributed by atoms with van der Waals surface area (Å²) in [6.45, 7) is 15.5. The molecule has 0 fully saturated rings. The topological polar surface area (TPSA) is 11.6 Å². The van der Waals surface area contributed by atoms with Crippen LogP contribution in [0.5, 0.6) is 0 Å². The monoisotopic (exact) mass is 822 g/mol. The molecule has 3 aromatic heterocycles. The number of pyridine rings is 2. The second kappa shape index (κ2) is 17.3. The van der Waals surface area contributed by atoms with Gasteiger partial charge in [-0.3, -0.25) is 0 Å². The van der Waals surface area contributed by atoms with E-state index in [1.165, 1.54) is 55.8 Å². The fourth-order valence-electron chi connectivity index (χ4n) is 9.17. The molecule has 0 amide bonds. The zero-order chi connectivity index (χ0) is 43.6. The van der Waals surface area contributed by atoms with Crippen LogP contribution in [0.25, 0.3) is 85.4 Å². The summed E-state index contributed by atoms with van der Waals surface area (Å²) in [6.07, 6.45) is 13.6. The van der Waals surface area contributed by atoms with E-state index in [4.69, 9.17) is 0 Å². The van der Waals surface area contributed by atoms with Gasteiger partial charge < -0.3 is 0 Å². The van der Waals surface area contributed by atoms with E-state index < -0.39 is 0 Å². The maximum atomic E-state index is 3.99. The van der Waals surface area contributed by atoms with Gasteiger partial charge in [-0.2, -0.15) is 9.13 Å². The minimum atomic E-state index is 0.0254. The van der Waals surface area contributed by atoms with Crippen molar-refractivity contribution < 1.29 is 13.7 Å². The third kappa shape index (κ3) is 7.68. The minimum Gasteiger partial charge on any atom is -0.191 e. The molecule has 0 saturated heterocycles. The molecular weight excluding hydrogens is 775 g/mol. The van der Waals surface area contributed by atoms with Crippen LogP contribution in [0.3, 0.4) is 0 Å². The third-order valence-corrected chi connectivity index (χ3v) is 12.7. The summed E-state index contributed by atoms with van der Waals surface area (Å²) in [5, 5.41) is 0. The quantitative estimate of drug-likeness (QED) is 0.115. The van der Waals surface area contributed by atoms with Crippen LogP contribution in [0.1, 0.15) is 39.4 Å². The Kier molecular flexibility index (Phi) is 10.8. The number of fused-ring (bicyclic) bond motifs is 3. The van der Waals surface area contributed by atoms with Gasteiger partial charge in [-0.15, -0.1) is 4.57 Å². The van der Waals surface area contributed by atoms with Crippen molar-refractivity contribution in [2.75, 3.05) is 0 Å². The number of rotatable bonds is 11. The average molecular weight is 823 g/mol. The highest BCUT2D eigenvalue weighted by atomic mass is 15.1. The lowest BCUT2D eigenvalue weighted by molar-refractivity contribution is -0.784. The fourth-order valence-corrected chi connectivity index (χ4v) is 9.17. The van der Waals surface area contributed by atoms with Gasteiger partial charge in [0.15, 0.2) is 18.9 Å². The van der Waals surface area contributed by atoms with Crippen molar-refractivity contribution in [1.29, 1.82) is 0 Å². The minimum absolute atomic E-state index is 0.0254. The van der Waals surface area contributed by atoms with Crippen LogP contribution >= 0.6 is 0 Å². The first-order valence-corrected chi connectivity index (χ1v) is 21.9. The van der Waals surface area contributed by atoms with Crippen LogP contribution in [-0.4, -0.2) is 0 Å². The molecule has 0 N–H and O–H groups in total. The Bertz CT molecular complexity index is 3210. The highest BCUT2D eigenvalue weighted by Crippen LogP contribution is 2.37. The van der Waals surface area contributed by atoms with Crippen LogP contribution < -0.4 is 13.7 Å². The number of aromatic nitrogens is 3. The van der Waals surface area contributed by atoms with Crippen molar-refractivity contribution in [2.24, 2.45) is 0 Å². The first kappa shape index (κ1) is 39.9. The van der Waals surface area contributed by atoms with E-state index in [2.05, 4.69) is 235 Å². The molecule has 3 heteroatoms. The summed E-state index contributed by atoms with van der Waals surface area (Å²) in [7, 11) is 0. The number of nitrogens with zero attached hydrogens (tertiary/aromatic N) is 3. The van der Waals surface area contributed by atoms with Crippen LogP contribution in [-0.2, 0) is 13.1 Å². The Labute approximate surface area is 377 Å². The number of aryl methyl sites for hydroxylation is 1. The largest absolute Gasteiger partial charge is 0.243 e. The molecular formula is C61H48N3+3. The van der Waals surface area contributed by atoms with E-state index >= 15 is 0 Å². The summed E-state index contributed by atoms with van der Waals surface area (Å²) < 4.78 is 7.12. The van der Waals surface area contributed by atoms with Crippen molar-refractivity contribution in [2.45, 2.75) is 26.1 Å². The standard InChI is InChI=1S/C61H48N3/c1-5-44-18-25-47(26-19-44)50-24-17-43(4)55(38-50)58-14-8-11-35-62(58)41-53-32-31-51(48-27-20-45(6-2)21-28-48)39-56(53)60-16-10-13-37-64(60)61-42-63-36-12-9-15-59(63)57-40-52(33-34-54(57)61)49-29-22-46(7-3)23-30-49/h5-10,12-34,36-40,61H,1-3,41-42H2,4H3/q+3. The van der Waals surface area contributed by atoms with Gasteiger partial charge in [0.05, 0.1) is 16.7 Å². The molecule has 0 spiro atoms. The zero-order valence-corrected chi connectivity index (χ0v) is 36.1. The van der Waals surface area contributed by atoms with Crippen molar-refractivity contribution in [1.82, 2.24) is 0 Å². The second-order valence-corrected chi connectivity index (χ2v) is 16.5. The maximum Gasteiger partial charge on any atom is 0.243 e. The van der Waals surface area contributed by atoms with E-state index in [0.717, 1.165) is 51.3 Å². The van der Waals surface area contributed by atoms with Gasteiger partial charge >= 0.3 is 0 Å². The van der Waals surface area contributed by atoms with Gasteiger partial charge in [0.25, 0.3) is 0 Å². The molecule has 10 rings (SSSR count). The number of hydrogen-bond acceptors (Lipinski definition) is 0. The van der Waals surface area contributed by atoms with Gasteiger partial charge in [0.2, 0.25) is 35.9 Å². The molecule has 1 aliphatic heterocycles. The van der Waals surface area contributed by atoms with E-state index in [0.29, 0.717) is 6.54 Å². The van der Waals surface area contributed by atoms with E-state index in [9.17, 15) is 0 Å². The normalized spacial score (nSPS) is 12.7. The maximum absolute atomic E-state index is 3.99. The molecule has 1 aliphatic rings. The summed E-state index contributed by atoms with van der Waals surface area (Å²) in [4.78, 5) is 0. The molecule has 6 aromatic carbocycles. The average Bonchev–Trinajstić information content (AvgIpc) is 3.36. The van der Waals surface area contributed by atoms with Crippen LogP contribution in [0.15, 0.2) is 208 Å². The first-order chi connectivity index (χ1) is 31.5. The predicted octanol–water partition coefficient (Wildman–Crippen LogP) is 13.0. The molecule has 3 nitrogen and oxygen atoms in total. The van der Waals surface area contributed by atoms with Crippen molar-refractivity contribution >= 4 is 18.2 Å². The van der Waals surface area contributed by atoms with Gasteiger partial charge in [-0.25, -0.2) is 0 Å². The van der Waals surface area contributed by atoms with E-state index in [1.54, 1.807) is 0 Å². The van der Waals surface area contributed by atoms with Gasteiger partial charge in [-0.05, 0) is 92.9 Å². The van der Waals surface area contributed by atoms with Gasteiger partial charge in [-0.1, -0.05) is 147 Å². The van der Waals surface area contributed by atoms with Gasteiger partial charge in [0.1, 0.15) is 0 Å². The van der Waals surface area contributed by atoms with Crippen LogP contribution in [0.2, 0.25) is 0 Å². The Morgan fingerprint density at radius 2 is 1.05 bits per heavy atom. The molecule has 304 valence electrons. The Morgan fingerprint density at radius 1 is 0.516 bits per heavy atom. The molecule has 4 heterocycles. The predicted molar refractivity (Wildman–Crippen MR) is 262 cm³/mol. The van der Waals surface area contributed by atoms with Gasteiger partial charge in [0, 0.05) is 53.6 Å². The Morgan fingerprint density at radius 3 is 1.67 bits per heavy atom. The number of hydrogen-bond donors (Lipinski definition) is 0. The lowest BCUT2D eigenvalue weighted by Gasteiger charge is -2.22. The summed E-state index contributed by atoms with van der Waals surface area (Å²) in [5.41, 5.74) is 21.0. The molecule has 0 saturated carbocycles. The third-order valence-electron chi connectivity index (χ3n) is 12.7. The second-order valence-electron chi connectivity index (χ2n) is 16.5. The lowest BCUT2D eigenvalue weighted by atomic mass is 9.89. The van der Waals surface area contributed by atoms with Crippen LogP contribution in [0, 0.1) is 19.2 Å². The Hall–Kier alpha value is -8.19. The van der Waals surface area contributed by atoms with Crippen molar-refractivity contribution in [3.63, 3.8) is 0 Å². The Balaban J connectivity index is 1.10. The van der Waals surface area contributed by atoms with Crippen LogP contribution in [0.4, 0.5) is 0 Å². The summed E-state index contributed by atoms with van der Waals surface area (Å²) in [5.74, 6) is 0. The molecule has 0 aliphatic carbocycles. The lowest BCUT2D eigenvalue weighted by Crippen LogP contribution is -2.53. The van der Waals surface area contributed by atoms with E-state index in [-0.39, 0.29) is 6.04 Å². The molecule has 9 aromatic rings. The fraction of sp³-hybridized carbons (Fsp3) is 0.0656. The first-order valence-electron chi connectivity index (χ1n) is 21.9. The molecule has 0 bridgehead atoms. The summed E-state index contributed by atoms with van der Waals surface area (Å²) >= 11 is 0. The van der Waals surface area contributed by atoms with E-state index in [1.807, 2.05) is 24.3 Å². The highest BCUT2D eigenvalue weighted by Gasteiger charge is 2.38. The molecule has 1 unspecified atom stereocenters. The molecule has 64 heavy (non-hydrogen) atoms.